The fraction of sp³-hybridized carbons (Fsp3) is 0.286. The van der Waals surface area contributed by atoms with Gasteiger partial charge in [-0.3, -0.25) is 14.4 Å². The lowest BCUT2D eigenvalue weighted by Crippen LogP contribution is -2.32. The van der Waals surface area contributed by atoms with Crippen molar-refractivity contribution in [3.63, 3.8) is 0 Å². The van der Waals surface area contributed by atoms with Crippen molar-refractivity contribution in [2.75, 3.05) is 6.54 Å². The SMILES string of the molecule is C=CCn1nc(C(=O)NCc2ccccc2)c2c1CCN(Cc1ncc[nH]1)C2. The summed E-state index contributed by atoms with van der Waals surface area (Å²) in [4.78, 5) is 22.6. The first-order chi connectivity index (χ1) is 13.7. The van der Waals surface area contributed by atoms with Crippen LogP contribution in [-0.2, 0) is 32.6 Å². The molecule has 0 fully saturated rings. The average molecular weight is 376 g/mol. The summed E-state index contributed by atoms with van der Waals surface area (Å²) in [6, 6.07) is 9.89. The number of carbonyl (C=O) groups excluding carboxylic acids is 1. The highest BCUT2D eigenvalue weighted by molar-refractivity contribution is 5.94. The van der Waals surface area contributed by atoms with E-state index >= 15 is 0 Å². The monoisotopic (exact) mass is 376 g/mol. The normalized spacial score (nSPS) is 13.9. The third-order valence-electron chi connectivity index (χ3n) is 4.95. The summed E-state index contributed by atoms with van der Waals surface area (Å²) in [6.45, 7) is 7.22. The summed E-state index contributed by atoms with van der Waals surface area (Å²) < 4.78 is 1.91. The maximum absolute atomic E-state index is 12.9. The molecule has 1 aliphatic heterocycles. The van der Waals surface area contributed by atoms with E-state index in [1.54, 1.807) is 6.20 Å². The predicted molar refractivity (Wildman–Crippen MR) is 106 cm³/mol. The van der Waals surface area contributed by atoms with Crippen LogP contribution in [0.15, 0.2) is 55.4 Å². The van der Waals surface area contributed by atoms with Gasteiger partial charge in [0.2, 0.25) is 0 Å². The van der Waals surface area contributed by atoms with E-state index in [0.29, 0.717) is 25.3 Å². The van der Waals surface area contributed by atoms with Crippen molar-refractivity contribution in [2.45, 2.75) is 32.6 Å². The van der Waals surface area contributed by atoms with Crippen LogP contribution < -0.4 is 5.32 Å². The van der Waals surface area contributed by atoms with E-state index in [4.69, 9.17) is 0 Å². The number of hydrogen-bond donors (Lipinski definition) is 2. The van der Waals surface area contributed by atoms with Crippen LogP contribution in [0, 0.1) is 0 Å². The van der Waals surface area contributed by atoms with Crippen LogP contribution >= 0.6 is 0 Å². The number of benzene rings is 1. The van der Waals surface area contributed by atoms with Gasteiger partial charge < -0.3 is 10.3 Å². The number of H-pyrrole nitrogens is 1. The lowest BCUT2D eigenvalue weighted by atomic mass is 10.0. The summed E-state index contributed by atoms with van der Waals surface area (Å²) in [6.07, 6.45) is 6.25. The number of carbonyl (C=O) groups is 1. The van der Waals surface area contributed by atoms with Crippen molar-refractivity contribution in [2.24, 2.45) is 0 Å². The Morgan fingerprint density at radius 1 is 1.32 bits per heavy atom. The molecular formula is C21H24N6O. The minimum atomic E-state index is -0.136. The first kappa shape index (κ1) is 18.2. The van der Waals surface area contributed by atoms with Crippen molar-refractivity contribution in [1.29, 1.82) is 0 Å². The van der Waals surface area contributed by atoms with Gasteiger partial charge in [-0.25, -0.2) is 4.98 Å². The summed E-state index contributed by atoms with van der Waals surface area (Å²) >= 11 is 0. The number of aromatic nitrogens is 4. The van der Waals surface area contributed by atoms with Gasteiger partial charge >= 0.3 is 0 Å². The number of hydrogen-bond acceptors (Lipinski definition) is 4. The van der Waals surface area contributed by atoms with E-state index < -0.39 is 0 Å². The molecule has 28 heavy (non-hydrogen) atoms. The third-order valence-corrected chi connectivity index (χ3v) is 4.95. The fourth-order valence-electron chi connectivity index (χ4n) is 3.60. The summed E-state index contributed by atoms with van der Waals surface area (Å²) in [5.74, 6) is 0.791. The second kappa shape index (κ2) is 8.22. The lowest BCUT2D eigenvalue weighted by molar-refractivity contribution is 0.0942. The van der Waals surface area contributed by atoms with E-state index in [1.807, 2.05) is 47.3 Å². The van der Waals surface area contributed by atoms with Crippen LogP contribution in [0.3, 0.4) is 0 Å². The van der Waals surface area contributed by atoms with Crippen LogP contribution in [-0.4, -0.2) is 37.1 Å². The largest absolute Gasteiger partial charge is 0.348 e. The Kier molecular flexibility index (Phi) is 5.34. The molecule has 144 valence electrons. The van der Waals surface area contributed by atoms with Gasteiger partial charge in [-0.15, -0.1) is 6.58 Å². The Morgan fingerprint density at radius 3 is 2.93 bits per heavy atom. The van der Waals surface area contributed by atoms with E-state index in [0.717, 1.165) is 42.2 Å². The zero-order valence-electron chi connectivity index (χ0n) is 15.8. The van der Waals surface area contributed by atoms with Gasteiger partial charge in [0.1, 0.15) is 5.82 Å². The standard InChI is InChI=1S/C21H24N6O/c1-2-11-27-18-8-12-26(15-19-22-9-10-23-19)14-17(18)20(25-27)21(28)24-13-16-6-4-3-5-7-16/h2-7,9-10H,1,8,11-15H2,(H,22,23)(H,24,28). The molecule has 1 aromatic carbocycles. The maximum Gasteiger partial charge on any atom is 0.272 e. The Morgan fingerprint density at radius 2 is 2.18 bits per heavy atom. The second-order valence-corrected chi connectivity index (χ2v) is 6.91. The van der Waals surface area contributed by atoms with Crippen LogP contribution in [0.2, 0.25) is 0 Å². The molecule has 7 nitrogen and oxygen atoms in total. The zero-order valence-corrected chi connectivity index (χ0v) is 15.8. The number of rotatable bonds is 7. The molecule has 4 rings (SSSR count). The number of nitrogens with one attached hydrogen (secondary N) is 2. The highest BCUT2D eigenvalue weighted by atomic mass is 16.1. The smallest absolute Gasteiger partial charge is 0.272 e. The third kappa shape index (κ3) is 3.89. The number of allylic oxidation sites excluding steroid dienone is 1. The van der Waals surface area contributed by atoms with E-state index in [1.165, 1.54) is 0 Å². The predicted octanol–water partition coefficient (Wildman–Crippen LogP) is 2.28. The quantitative estimate of drug-likeness (QED) is 0.620. The summed E-state index contributed by atoms with van der Waals surface area (Å²) in [7, 11) is 0. The minimum Gasteiger partial charge on any atom is -0.348 e. The topological polar surface area (TPSA) is 78.8 Å². The minimum absolute atomic E-state index is 0.136. The molecule has 7 heteroatoms. The van der Waals surface area contributed by atoms with E-state index in [9.17, 15) is 4.79 Å². The highest BCUT2D eigenvalue weighted by Gasteiger charge is 2.28. The first-order valence-electron chi connectivity index (χ1n) is 9.47. The Bertz CT molecular complexity index is 945. The summed E-state index contributed by atoms with van der Waals surface area (Å²) in [5, 5.41) is 7.61. The molecular weight excluding hydrogens is 352 g/mol. The number of nitrogens with zero attached hydrogens (tertiary/aromatic N) is 4. The lowest BCUT2D eigenvalue weighted by Gasteiger charge is -2.26. The van der Waals surface area contributed by atoms with E-state index in [2.05, 4.69) is 31.9 Å². The molecule has 0 radical (unpaired) electrons. The second-order valence-electron chi connectivity index (χ2n) is 6.91. The highest BCUT2D eigenvalue weighted by Crippen LogP contribution is 2.24. The van der Waals surface area contributed by atoms with Crippen LogP contribution in [0.25, 0.3) is 0 Å². The molecule has 0 saturated carbocycles. The molecule has 2 aromatic heterocycles. The molecule has 0 atom stereocenters. The fourth-order valence-corrected chi connectivity index (χ4v) is 3.60. The summed E-state index contributed by atoms with van der Waals surface area (Å²) in [5.41, 5.74) is 3.71. The molecule has 3 heterocycles. The molecule has 3 aromatic rings. The van der Waals surface area contributed by atoms with Crippen molar-refractivity contribution in [1.82, 2.24) is 30.0 Å². The number of fused-ring (bicyclic) bond motifs is 1. The number of amides is 1. The van der Waals surface area contributed by atoms with Crippen molar-refractivity contribution < 1.29 is 4.79 Å². The zero-order chi connectivity index (χ0) is 19.3. The van der Waals surface area contributed by atoms with Crippen molar-refractivity contribution >= 4 is 5.91 Å². The van der Waals surface area contributed by atoms with Gasteiger partial charge in [0.15, 0.2) is 5.69 Å². The molecule has 0 saturated heterocycles. The van der Waals surface area contributed by atoms with Gasteiger partial charge in [0.05, 0.1) is 13.1 Å². The number of imidazole rings is 1. The Hall–Kier alpha value is -3.19. The van der Waals surface area contributed by atoms with Crippen LogP contribution in [0.5, 0.6) is 0 Å². The first-order valence-corrected chi connectivity index (χ1v) is 9.47. The van der Waals surface area contributed by atoms with Gasteiger partial charge in [0.25, 0.3) is 5.91 Å². The van der Waals surface area contributed by atoms with Gasteiger partial charge in [-0.2, -0.15) is 5.10 Å². The van der Waals surface area contributed by atoms with Crippen LogP contribution in [0.1, 0.15) is 33.1 Å². The van der Waals surface area contributed by atoms with Crippen molar-refractivity contribution in [3.05, 3.63) is 83.7 Å². The molecule has 0 aliphatic carbocycles. The molecule has 1 aliphatic rings. The molecule has 2 N–H and O–H groups in total. The van der Waals surface area contributed by atoms with Crippen molar-refractivity contribution in [3.8, 4) is 0 Å². The molecule has 1 amide bonds. The van der Waals surface area contributed by atoms with Gasteiger partial charge in [-0.1, -0.05) is 36.4 Å². The van der Waals surface area contributed by atoms with E-state index in [-0.39, 0.29) is 5.91 Å². The van der Waals surface area contributed by atoms with Gasteiger partial charge in [-0.05, 0) is 5.56 Å². The van der Waals surface area contributed by atoms with Gasteiger partial charge in [0, 0.05) is 49.7 Å². The number of aromatic amines is 1. The molecule has 0 spiro atoms. The molecule has 0 unspecified atom stereocenters. The Labute approximate surface area is 164 Å². The maximum atomic E-state index is 12.9. The molecule has 0 bridgehead atoms. The average Bonchev–Trinajstić information content (AvgIpc) is 3.35. The van der Waals surface area contributed by atoms with Crippen LogP contribution in [0.4, 0.5) is 0 Å². The Balaban J connectivity index is 1.53.